The average molecular weight is 808 g/mol. The number of nitrogens with two attached hydrogens (primary N) is 4. The monoisotopic (exact) mass is 806 g/mol. The molecule has 4 aliphatic rings. The van der Waals surface area contributed by atoms with Crippen molar-refractivity contribution in [3.63, 3.8) is 0 Å². The van der Waals surface area contributed by atoms with Crippen LogP contribution in [0.2, 0.25) is 0 Å². The van der Waals surface area contributed by atoms with Crippen LogP contribution >= 0.6 is 49.6 Å². The van der Waals surface area contributed by atoms with Crippen LogP contribution in [0, 0.1) is 0 Å². The third kappa shape index (κ3) is 10.3. The maximum atomic E-state index is 11.1. The molecular weight excluding hydrogens is 758 g/mol. The molecule has 8 unspecified atom stereocenters. The lowest BCUT2D eigenvalue weighted by Crippen LogP contribution is -2.70. The Bertz CT molecular complexity index is 945. The summed E-state index contributed by atoms with van der Waals surface area (Å²) in [4.78, 5) is 0. The number of rotatable bonds is 10. The third-order valence-electron chi connectivity index (χ3n) is 8.52. The number of hydrogen-bond donors (Lipinski definition) is 14. The topological polar surface area (TPSA) is 371 Å². The van der Waals surface area contributed by atoms with Crippen molar-refractivity contribution in [2.45, 2.75) is 123 Å². The summed E-state index contributed by atoms with van der Waals surface area (Å²) in [5.41, 5.74) is 24.0. The van der Waals surface area contributed by atoms with E-state index in [0.717, 1.165) is 0 Å². The van der Waals surface area contributed by atoms with Gasteiger partial charge in [0.05, 0.1) is 50.6 Å². The fraction of sp³-hybridized carbons (Fsp3) is 1.00. The lowest BCUT2D eigenvalue weighted by Gasteiger charge is -2.49. The highest BCUT2D eigenvalue weighted by Crippen LogP contribution is 2.33. The smallest absolute Gasteiger partial charge is 0.176 e. The van der Waals surface area contributed by atoms with E-state index in [-0.39, 0.29) is 49.6 Å². The molecule has 0 amide bonds. The lowest BCUT2D eigenvalue weighted by atomic mass is 9.94. The van der Waals surface area contributed by atoms with Gasteiger partial charge in [-0.05, 0) is 0 Å². The molecule has 25 heteroatoms. The van der Waals surface area contributed by atoms with Crippen LogP contribution in [-0.4, -0.2) is 200 Å². The lowest BCUT2D eigenvalue weighted by molar-refractivity contribution is -0.358. The Morgan fingerprint density at radius 2 is 0.673 bits per heavy atom. The number of ether oxygens (including phenoxy) is 7. The van der Waals surface area contributed by atoms with Crippen LogP contribution in [0.4, 0.5) is 0 Å². The fourth-order valence-corrected chi connectivity index (χ4v) is 5.72. The van der Waals surface area contributed by atoms with Crippen LogP contribution in [0.25, 0.3) is 0 Å². The van der Waals surface area contributed by atoms with Crippen LogP contribution in [0.5, 0.6) is 0 Å². The largest absolute Gasteiger partial charge is 0.394 e. The molecule has 20 atom stereocenters. The van der Waals surface area contributed by atoms with Crippen molar-refractivity contribution in [1.82, 2.24) is 0 Å². The van der Waals surface area contributed by atoms with Crippen molar-refractivity contribution in [2.75, 3.05) is 26.4 Å². The van der Waals surface area contributed by atoms with E-state index in [2.05, 4.69) is 0 Å². The van der Waals surface area contributed by atoms with Crippen LogP contribution in [0.15, 0.2) is 0 Å². The Balaban J connectivity index is 0.00000576. The highest BCUT2D eigenvalue weighted by atomic mass is 35.5. The number of aliphatic hydroxyl groups excluding tert-OH is 10. The molecule has 4 aliphatic heterocycles. The van der Waals surface area contributed by atoms with E-state index >= 15 is 0 Å². The predicted octanol–water partition coefficient (Wildman–Crippen LogP) is -8.20. The molecule has 296 valence electrons. The zero-order valence-electron chi connectivity index (χ0n) is 25.6. The first-order valence-electron chi connectivity index (χ1n) is 14.4. The molecule has 18 N–H and O–H groups in total. The predicted molar refractivity (Wildman–Crippen MR) is 171 cm³/mol. The second-order valence-electron chi connectivity index (χ2n) is 11.5. The van der Waals surface area contributed by atoms with Crippen molar-refractivity contribution in [2.24, 2.45) is 22.9 Å². The van der Waals surface area contributed by atoms with Crippen molar-refractivity contribution >= 4 is 49.6 Å². The third-order valence-corrected chi connectivity index (χ3v) is 8.52. The summed E-state index contributed by atoms with van der Waals surface area (Å²) in [6.07, 6.45) is -23.5. The Labute approximate surface area is 305 Å². The molecule has 4 saturated heterocycles. The fourth-order valence-electron chi connectivity index (χ4n) is 5.72. The molecule has 4 fully saturated rings. The molecule has 49 heavy (non-hydrogen) atoms. The van der Waals surface area contributed by atoms with Gasteiger partial charge in [-0.3, -0.25) is 0 Å². The molecular formula is C24H50Cl4N4O17. The van der Waals surface area contributed by atoms with Gasteiger partial charge >= 0.3 is 0 Å². The highest BCUT2D eigenvalue weighted by Gasteiger charge is 2.54. The minimum absolute atomic E-state index is 0. The number of hydrogen-bond acceptors (Lipinski definition) is 21. The first-order valence-corrected chi connectivity index (χ1v) is 14.4. The van der Waals surface area contributed by atoms with Crippen LogP contribution in [0.1, 0.15) is 0 Å². The number of aliphatic hydroxyl groups is 10. The molecule has 0 aromatic carbocycles. The second kappa shape index (κ2) is 21.3. The molecule has 4 heterocycles. The molecule has 0 spiro atoms. The minimum atomic E-state index is -1.65. The first kappa shape index (κ1) is 49.3. The van der Waals surface area contributed by atoms with E-state index in [0.29, 0.717) is 0 Å². The summed E-state index contributed by atoms with van der Waals surface area (Å²) in [5, 5.41) is 102. The minimum Gasteiger partial charge on any atom is -0.394 e. The number of halogens is 4. The summed E-state index contributed by atoms with van der Waals surface area (Å²) in [6, 6.07) is -5.48. The zero-order chi connectivity index (χ0) is 33.3. The summed E-state index contributed by atoms with van der Waals surface area (Å²) >= 11 is 0. The van der Waals surface area contributed by atoms with Crippen LogP contribution in [-0.2, 0) is 33.2 Å². The maximum Gasteiger partial charge on any atom is 0.176 e. The normalized spacial score (nSPS) is 48.6. The zero-order valence-corrected chi connectivity index (χ0v) is 28.9. The average Bonchev–Trinajstić information content (AvgIpc) is 3.03. The molecule has 0 radical (unpaired) electrons. The van der Waals surface area contributed by atoms with Gasteiger partial charge < -0.3 is 107 Å². The van der Waals surface area contributed by atoms with Gasteiger partial charge in [-0.2, -0.15) is 0 Å². The molecule has 4 rings (SSSR count). The van der Waals surface area contributed by atoms with Crippen LogP contribution in [0.3, 0.4) is 0 Å². The van der Waals surface area contributed by atoms with Crippen molar-refractivity contribution in [1.29, 1.82) is 0 Å². The van der Waals surface area contributed by atoms with E-state index in [1.165, 1.54) is 0 Å². The van der Waals surface area contributed by atoms with Gasteiger partial charge in [-0.15, -0.1) is 49.6 Å². The van der Waals surface area contributed by atoms with E-state index in [9.17, 15) is 51.1 Å². The molecule has 0 aromatic rings. The van der Waals surface area contributed by atoms with Gasteiger partial charge in [-0.25, -0.2) is 0 Å². The molecule has 0 saturated carbocycles. The Morgan fingerprint density at radius 3 is 1.02 bits per heavy atom. The Kier molecular flexibility index (Phi) is 21.4. The van der Waals surface area contributed by atoms with Gasteiger partial charge in [0.15, 0.2) is 25.2 Å². The van der Waals surface area contributed by atoms with Gasteiger partial charge in [-0.1, -0.05) is 0 Å². The van der Waals surface area contributed by atoms with E-state index in [4.69, 9.17) is 56.1 Å². The molecule has 0 bridgehead atoms. The van der Waals surface area contributed by atoms with E-state index in [1.54, 1.807) is 0 Å². The quantitative estimate of drug-likeness (QED) is 0.0974. The van der Waals surface area contributed by atoms with Gasteiger partial charge in [0, 0.05) is 0 Å². The van der Waals surface area contributed by atoms with Gasteiger partial charge in [0.2, 0.25) is 0 Å². The van der Waals surface area contributed by atoms with Crippen molar-refractivity contribution < 1.29 is 84.2 Å². The van der Waals surface area contributed by atoms with E-state index in [1.807, 2.05) is 0 Å². The molecule has 0 aliphatic carbocycles. The summed E-state index contributed by atoms with van der Waals surface area (Å²) in [7, 11) is 0. The summed E-state index contributed by atoms with van der Waals surface area (Å²) < 4.78 is 39.2. The summed E-state index contributed by atoms with van der Waals surface area (Å²) in [5.74, 6) is 0. The van der Waals surface area contributed by atoms with Crippen molar-refractivity contribution in [3.05, 3.63) is 0 Å². The first-order chi connectivity index (χ1) is 21.3. The second-order valence-corrected chi connectivity index (χ2v) is 11.5. The van der Waals surface area contributed by atoms with E-state index < -0.39 is 149 Å². The van der Waals surface area contributed by atoms with Gasteiger partial charge in [0.25, 0.3) is 0 Å². The van der Waals surface area contributed by atoms with Gasteiger partial charge in [0.1, 0.15) is 73.2 Å². The Hall–Kier alpha value is 0.320. The molecule has 0 aromatic heterocycles. The Morgan fingerprint density at radius 1 is 0.388 bits per heavy atom. The van der Waals surface area contributed by atoms with Crippen LogP contribution < -0.4 is 22.9 Å². The summed E-state index contributed by atoms with van der Waals surface area (Å²) in [6.45, 7) is -2.91. The molecule has 21 nitrogen and oxygen atoms in total. The standard InChI is InChI=1S/C24H46N4O17.4ClH/c25-9-15(35)18(6(2-30)39-21(9)38)43-23-11(27)17(37)20(8(4-32)41-23)45-24-12(28)16(36)19(7(3-31)42-24)44-22-10(26)14(34)13(33)5(1-29)40-22;;;;/h5-24,29-38H,1-4,25-28H2;4*1H/t5?,6?,7?,8?,9-,10-,11-,12-,13+,14?,15?,16?,17?,18+,19+,20+,21+,22-,23-,24-;;;;/m0..../s1. The maximum absolute atomic E-state index is 11.1. The highest BCUT2D eigenvalue weighted by molar-refractivity contribution is 5.86. The SMILES string of the molecule is Cl.Cl.Cl.Cl.N[C@H]1C(O)[C@H](O)C(CO)O[C@H]1O[C@@H]1C(CO)O[C@@H](O[C@@H]2C(CO)O[C@@H](O[C@@H]3C(CO)O[C@@H](O)[C@@H](N)C3O)[C@@H](N)C2O)[C@@H](N)C1O. The van der Waals surface area contributed by atoms with Crippen molar-refractivity contribution in [3.8, 4) is 0 Å².